The van der Waals surface area contributed by atoms with E-state index in [4.69, 9.17) is 12.2 Å². The van der Waals surface area contributed by atoms with Crippen LogP contribution in [0.4, 0.5) is 0 Å². The number of aromatic nitrogens is 1. The summed E-state index contributed by atoms with van der Waals surface area (Å²) in [6.45, 7) is 0. The first-order valence-corrected chi connectivity index (χ1v) is 7.75. The van der Waals surface area contributed by atoms with E-state index >= 15 is 0 Å². The zero-order valence-corrected chi connectivity index (χ0v) is 13.2. The third-order valence-electron chi connectivity index (χ3n) is 3.60. The van der Waals surface area contributed by atoms with E-state index in [1.54, 1.807) is 18.3 Å². The molecule has 1 amide bonds. The third kappa shape index (κ3) is 3.55. The lowest BCUT2D eigenvalue weighted by molar-refractivity contribution is 0.0942. The van der Waals surface area contributed by atoms with Crippen molar-refractivity contribution in [3.05, 3.63) is 100 Å². The largest absolute Gasteiger partial charge is 0.352 e. The molecule has 0 spiro atoms. The second-order valence-electron chi connectivity index (χ2n) is 5.14. The summed E-state index contributed by atoms with van der Waals surface area (Å²) in [5.41, 5.74) is 2.52. The van der Waals surface area contributed by atoms with Gasteiger partial charge in [0.05, 0.1) is 11.6 Å². The summed E-state index contributed by atoms with van der Waals surface area (Å²) in [5.74, 6) is -0.190. The van der Waals surface area contributed by atoms with Gasteiger partial charge in [0.15, 0.2) is 0 Å². The first kappa shape index (κ1) is 15.2. The fraction of sp³-hybridized carbons (Fsp3) is 0.0526. The maximum absolute atomic E-state index is 12.6. The minimum absolute atomic E-state index is 0.190. The molecular weight excluding hydrogens is 304 g/mol. The molecule has 0 radical (unpaired) electrons. The van der Waals surface area contributed by atoms with Crippen LogP contribution in [-0.2, 0) is 0 Å². The van der Waals surface area contributed by atoms with Crippen molar-refractivity contribution >= 4 is 18.1 Å². The molecule has 3 aromatic rings. The SMILES string of the molecule is O=C(NC(c1ccccc1)c1ccccc1)c1ccc[nH]c1=S. The Morgan fingerprint density at radius 2 is 1.43 bits per heavy atom. The Balaban J connectivity index is 1.96. The van der Waals surface area contributed by atoms with Crippen LogP contribution in [0.1, 0.15) is 27.5 Å². The molecule has 0 bridgehead atoms. The monoisotopic (exact) mass is 320 g/mol. The number of nitrogens with one attached hydrogen (secondary N) is 2. The van der Waals surface area contributed by atoms with Crippen molar-refractivity contribution in [2.75, 3.05) is 0 Å². The van der Waals surface area contributed by atoms with Crippen LogP contribution < -0.4 is 5.32 Å². The van der Waals surface area contributed by atoms with Crippen LogP contribution in [0.25, 0.3) is 0 Å². The molecule has 114 valence electrons. The second kappa shape index (κ2) is 7.03. The first-order valence-electron chi connectivity index (χ1n) is 7.34. The Morgan fingerprint density at radius 3 is 1.96 bits per heavy atom. The summed E-state index contributed by atoms with van der Waals surface area (Å²) in [5, 5.41) is 3.08. The van der Waals surface area contributed by atoms with Crippen LogP contribution in [0.5, 0.6) is 0 Å². The number of carbonyl (C=O) groups excluding carboxylic acids is 1. The summed E-state index contributed by atoms with van der Waals surface area (Å²) in [6, 6.07) is 23.1. The average Bonchev–Trinajstić information content (AvgIpc) is 2.61. The summed E-state index contributed by atoms with van der Waals surface area (Å²) >= 11 is 5.20. The molecule has 23 heavy (non-hydrogen) atoms. The molecule has 0 aliphatic heterocycles. The second-order valence-corrected chi connectivity index (χ2v) is 5.55. The number of carbonyl (C=O) groups is 1. The number of aromatic amines is 1. The molecule has 2 aromatic carbocycles. The first-order chi connectivity index (χ1) is 11.3. The van der Waals surface area contributed by atoms with Gasteiger partial charge in [-0.3, -0.25) is 4.79 Å². The Labute approximate surface area is 140 Å². The Bertz CT molecular complexity index is 804. The molecule has 0 aliphatic rings. The van der Waals surface area contributed by atoms with E-state index in [-0.39, 0.29) is 11.9 Å². The maximum atomic E-state index is 12.6. The van der Waals surface area contributed by atoms with Crippen molar-refractivity contribution in [1.82, 2.24) is 10.3 Å². The highest BCUT2D eigenvalue weighted by Gasteiger charge is 2.18. The highest BCUT2D eigenvalue weighted by Crippen LogP contribution is 2.22. The predicted molar refractivity (Wildman–Crippen MR) is 93.8 cm³/mol. The van der Waals surface area contributed by atoms with Gasteiger partial charge in [-0.2, -0.15) is 0 Å². The van der Waals surface area contributed by atoms with Crippen LogP contribution in [0.2, 0.25) is 0 Å². The standard InChI is InChI=1S/C19H16N2OS/c22-18(16-12-7-13-20-19(16)23)21-17(14-8-3-1-4-9-14)15-10-5-2-6-11-15/h1-13,17H,(H,20,23)(H,21,22). The van der Waals surface area contributed by atoms with Gasteiger partial charge in [0.1, 0.15) is 4.64 Å². The van der Waals surface area contributed by atoms with Gasteiger partial charge < -0.3 is 10.3 Å². The zero-order chi connectivity index (χ0) is 16.1. The molecule has 3 nitrogen and oxygen atoms in total. The third-order valence-corrected chi connectivity index (χ3v) is 3.94. The van der Waals surface area contributed by atoms with Gasteiger partial charge in [0, 0.05) is 6.20 Å². The number of H-pyrrole nitrogens is 1. The van der Waals surface area contributed by atoms with Crippen molar-refractivity contribution in [1.29, 1.82) is 0 Å². The van der Waals surface area contributed by atoms with E-state index < -0.39 is 0 Å². The van der Waals surface area contributed by atoms with E-state index in [1.807, 2.05) is 60.7 Å². The van der Waals surface area contributed by atoms with Crippen LogP contribution >= 0.6 is 12.2 Å². The Hall–Kier alpha value is -2.72. The molecule has 0 unspecified atom stereocenters. The lowest BCUT2D eigenvalue weighted by Crippen LogP contribution is -2.29. The van der Waals surface area contributed by atoms with Crippen molar-refractivity contribution in [3.8, 4) is 0 Å². The van der Waals surface area contributed by atoms with Crippen molar-refractivity contribution in [2.24, 2.45) is 0 Å². The highest BCUT2D eigenvalue weighted by atomic mass is 32.1. The molecule has 2 N–H and O–H groups in total. The van der Waals surface area contributed by atoms with Crippen LogP contribution in [0.3, 0.4) is 0 Å². The van der Waals surface area contributed by atoms with Crippen LogP contribution in [0, 0.1) is 4.64 Å². The van der Waals surface area contributed by atoms with Crippen LogP contribution in [0.15, 0.2) is 79.0 Å². The van der Waals surface area contributed by atoms with Gasteiger partial charge >= 0.3 is 0 Å². The zero-order valence-electron chi connectivity index (χ0n) is 12.4. The van der Waals surface area contributed by atoms with Gasteiger partial charge in [-0.1, -0.05) is 72.9 Å². The number of amides is 1. The van der Waals surface area contributed by atoms with E-state index in [2.05, 4.69) is 10.3 Å². The Kier molecular flexibility index (Phi) is 4.64. The van der Waals surface area contributed by atoms with Gasteiger partial charge in [0.25, 0.3) is 5.91 Å². The number of rotatable bonds is 4. The van der Waals surface area contributed by atoms with Gasteiger partial charge in [-0.05, 0) is 23.3 Å². The fourth-order valence-corrected chi connectivity index (χ4v) is 2.69. The molecule has 0 aliphatic carbocycles. The maximum Gasteiger partial charge on any atom is 0.255 e. The van der Waals surface area contributed by atoms with E-state index in [0.29, 0.717) is 10.2 Å². The molecule has 0 saturated carbocycles. The Morgan fingerprint density at radius 1 is 0.870 bits per heavy atom. The van der Waals surface area contributed by atoms with Crippen molar-refractivity contribution in [3.63, 3.8) is 0 Å². The van der Waals surface area contributed by atoms with Gasteiger partial charge in [-0.15, -0.1) is 0 Å². The summed E-state index contributed by atoms with van der Waals surface area (Å²) in [4.78, 5) is 15.5. The van der Waals surface area contributed by atoms with E-state index in [0.717, 1.165) is 11.1 Å². The molecular formula is C19H16N2OS. The summed E-state index contributed by atoms with van der Waals surface area (Å²) < 4.78 is 0.435. The van der Waals surface area contributed by atoms with E-state index in [9.17, 15) is 4.79 Å². The number of hydrogen-bond acceptors (Lipinski definition) is 2. The van der Waals surface area contributed by atoms with Crippen LogP contribution in [-0.4, -0.2) is 10.9 Å². The molecule has 3 rings (SSSR count). The minimum Gasteiger partial charge on any atom is -0.352 e. The summed E-state index contributed by atoms with van der Waals surface area (Å²) in [6.07, 6.45) is 1.71. The average molecular weight is 320 g/mol. The number of pyridine rings is 1. The predicted octanol–water partition coefficient (Wildman–Crippen LogP) is 4.26. The minimum atomic E-state index is -0.223. The van der Waals surface area contributed by atoms with Gasteiger partial charge in [0.2, 0.25) is 0 Å². The van der Waals surface area contributed by atoms with Crippen molar-refractivity contribution in [2.45, 2.75) is 6.04 Å². The molecule has 1 heterocycles. The highest BCUT2D eigenvalue weighted by molar-refractivity contribution is 7.71. The topological polar surface area (TPSA) is 44.9 Å². The molecule has 1 aromatic heterocycles. The lowest BCUT2D eigenvalue weighted by Gasteiger charge is -2.20. The number of hydrogen-bond donors (Lipinski definition) is 2. The quantitative estimate of drug-likeness (QED) is 0.705. The van der Waals surface area contributed by atoms with Gasteiger partial charge in [-0.25, -0.2) is 0 Å². The van der Waals surface area contributed by atoms with Crippen molar-refractivity contribution < 1.29 is 4.79 Å². The molecule has 4 heteroatoms. The normalized spacial score (nSPS) is 10.5. The molecule has 0 saturated heterocycles. The summed E-state index contributed by atoms with van der Waals surface area (Å²) in [7, 11) is 0. The smallest absolute Gasteiger partial charge is 0.255 e. The number of benzene rings is 2. The lowest BCUT2D eigenvalue weighted by atomic mass is 9.98. The molecule has 0 fully saturated rings. The molecule has 0 atom stereocenters. The fourth-order valence-electron chi connectivity index (χ4n) is 2.46. The van der Waals surface area contributed by atoms with E-state index in [1.165, 1.54) is 0 Å².